The average molecular weight is 330 g/mol. The summed E-state index contributed by atoms with van der Waals surface area (Å²) >= 11 is 6.06. The molecular weight excluding hydrogens is 314 g/mol. The van der Waals surface area contributed by atoms with Crippen LogP contribution in [0.25, 0.3) is 0 Å². The van der Waals surface area contributed by atoms with Crippen LogP contribution in [0.5, 0.6) is 5.75 Å². The topological polar surface area (TPSA) is 46.6 Å². The van der Waals surface area contributed by atoms with Crippen molar-refractivity contribution in [1.29, 1.82) is 0 Å². The van der Waals surface area contributed by atoms with Gasteiger partial charge in [-0.1, -0.05) is 31.0 Å². The number of nitrogens with zero attached hydrogens (tertiary/aromatic N) is 1. The molecule has 2 aromatic carbocycles. The normalized spacial score (nSPS) is 13.4. The Morgan fingerprint density at radius 1 is 1.04 bits per heavy atom. The van der Waals surface area contributed by atoms with E-state index >= 15 is 0 Å². The van der Waals surface area contributed by atoms with Gasteiger partial charge in [0.2, 0.25) is 0 Å². The summed E-state index contributed by atoms with van der Waals surface area (Å²) in [5.41, 5.74) is 1.11. The zero-order valence-electron chi connectivity index (χ0n) is 12.7. The second-order valence-corrected chi connectivity index (χ2v) is 5.71. The van der Waals surface area contributed by atoms with Gasteiger partial charge in [0.1, 0.15) is 5.75 Å². The number of amides is 2. The van der Waals surface area contributed by atoms with E-state index in [-0.39, 0.29) is 11.5 Å². The molecule has 0 saturated heterocycles. The molecule has 0 radical (unpaired) electrons. The molecule has 0 saturated carbocycles. The number of rotatable bonds is 5. The highest BCUT2D eigenvalue weighted by Gasteiger charge is 2.38. The van der Waals surface area contributed by atoms with Crippen molar-refractivity contribution in [2.45, 2.75) is 19.8 Å². The lowest BCUT2D eigenvalue weighted by Crippen LogP contribution is -2.29. The van der Waals surface area contributed by atoms with Crippen molar-refractivity contribution in [2.24, 2.45) is 0 Å². The van der Waals surface area contributed by atoms with Gasteiger partial charge in [0, 0.05) is 0 Å². The number of anilines is 1. The summed E-state index contributed by atoms with van der Waals surface area (Å²) < 4.78 is 5.59. The lowest BCUT2D eigenvalue weighted by atomic mass is 10.1. The van der Waals surface area contributed by atoms with Crippen LogP contribution in [0.4, 0.5) is 5.69 Å². The van der Waals surface area contributed by atoms with Crippen LogP contribution in [0.3, 0.4) is 0 Å². The van der Waals surface area contributed by atoms with E-state index in [4.69, 9.17) is 16.3 Å². The number of benzene rings is 2. The van der Waals surface area contributed by atoms with Crippen molar-refractivity contribution in [1.82, 2.24) is 0 Å². The van der Waals surface area contributed by atoms with E-state index in [2.05, 4.69) is 6.92 Å². The van der Waals surface area contributed by atoms with Crippen LogP contribution in [-0.2, 0) is 0 Å². The summed E-state index contributed by atoms with van der Waals surface area (Å²) in [5, 5.41) is 0.294. The van der Waals surface area contributed by atoms with Crippen molar-refractivity contribution in [3.63, 3.8) is 0 Å². The number of imide groups is 1. The fraction of sp³-hybridized carbons (Fsp3) is 0.222. The molecule has 3 rings (SSSR count). The van der Waals surface area contributed by atoms with Crippen LogP contribution < -0.4 is 9.64 Å². The highest BCUT2D eigenvalue weighted by molar-refractivity contribution is 6.42. The molecule has 0 atom stereocenters. The van der Waals surface area contributed by atoms with Crippen LogP contribution in [-0.4, -0.2) is 18.4 Å². The molecule has 1 heterocycles. The first-order valence-electron chi connectivity index (χ1n) is 7.53. The van der Waals surface area contributed by atoms with E-state index in [1.54, 1.807) is 42.5 Å². The van der Waals surface area contributed by atoms with E-state index in [0.29, 0.717) is 22.9 Å². The highest BCUT2D eigenvalue weighted by Crippen LogP contribution is 2.33. The van der Waals surface area contributed by atoms with Crippen molar-refractivity contribution in [2.75, 3.05) is 11.5 Å². The number of carbonyl (C=O) groups is 2. The Morgan fingerprint density at radius 2 is 1.78 bits per heavy atom. The molecule has 0 unspecified atom stereocenters. The lowest BCUT2D eigenvalue weighted by molar-refractivity contribution is 0.0926. The maximum absolute atomic E-state index is 12.5. The lowest BCUT2D eigenvalue weighted by Gasteiger charge is -2.14. The Kier molecular flexibility index (Phi) is 4.35. The van der Waals surface area contributed by atoms with Gasteiger partial charge in [0.25, 0.3) is 11.8 Å². The Morgan fingerprint density at radius 3 is 2.43 bits per heavy atom. The number of unbranched alkanes of at least 4 members (excludes halogenated alkanes) is 1. The second kappa shape index (κ2) is 6.42. The second-order valence-electron chi connectivity index (χ2n) is 5.30. The molecule has 0 bridgehead atoms. The minimum absolute atomic E-state index is 0.266. The SMILES string of the molecule is CCCCOc1ccc(N2C(=O)c3cccc(Cl)c3C2=O)cc1. The Hall–Kier alpha value is -2.33. The highest BCUT2D eigenvalue weighted by atomic mass is 35.5. The standard InChI is InChI=1S/C18H16ClNO3/c1-2-3-11-23-13-9-7-12(8-10-13)20-17(21)14-5-4-6-15(19)16(14)18(20)22/h4-10H,2-3,11H2,1H3. The van der Waals surface area contributed by atoms with Gasteiger partial charge in [-0.05, 0) is 42.8 Å². The smallest absolute Gasteiger partial charge is 0.267 e. The van der Waals surface area contributed by atoms with Crippen molar-refractivity contribution >= 4 is 29.1 Å². The first-order valence-corrected chi connectivity index (χ1v) is 7.91. The van der Waals surface area contributed by atoms with Gasteiger partial charge in [-0.25, -0.2) is 4.90 Å². The van der Waals surface area contributed by atoms with Gasteiger partial charge in [-0.2, -0.15) is 0 Å². The molecule has 4 nitrogen and oxygen atoms in total. The third-order valence-corrected chi connectivity index (χ3v) is 4.04. The van der Waals surface area contributed by atoms with Crippen molar-refractivity contribution in [3.05, 3.63) is 58.6 Å². The zero-order chi connectivity index (χ0) is 16.4. The van der Waals surface area contributed by atoms with E-state index in [0.717, 1.165) is 23.5 Å². The molecule has 5 heteroatoms. The summed E-state index contributed by atoms with van der Waals surface area (Å²) in [5.74, 6) is -0.0285. The number of hydrogen-bond donors (Lipinski definition) is 0. The van der Waals surface area contributed by atoms with Gasteiger partial charge >= 0.3 is 0 Å². The van der Waals surface area contributed by atoms with Crippen LogP contribution in [0.2, 0.25) is 5.02 Å². The molecule has 2 aromatic rings. The van der Waals surface area contributed by atoms with Crippen LogP contribution in [0.15, 0.2) is 42.5 Å². The molecule has 23 heavy (non-hydrogen) atoms. The monoisotopic (exact) mass is 329 g/mol. The Balaban J connectivity index is 1.84. The number of halogens is 1. The minimum Gasteiger partial charge on any atom is -0.494 e. The molecule has 0 spiro atoms. The Labute approximate surface area is 139 Å². The molecule has 0 aromatic heterocycles. The first kappa shape index (κ1) is 15.6. The number of carbonyl (C=O) groups excluding carboxylic acids is 2. The largest absolute Gasteiger partial charge is 0.494 e. The summed E-state index contributed by atoms with van der Waals surface area (Å²) in [6, 6.07) is 11.8. The Bertz CT molecular complexity index is 755. The number of ether oxygens (including phenoxy) is 1. The minimum atomic E-state index is -0.393. The molecule has 1 aliphatic heterocycles. The van der Waals surface area contributed by atoms with Crippen molar-refractivity contribution < 1.29 is 14.3 Å². The fourth-order valence-electron chi connectivity index (χ4n) is 2.50. The number of fused-ring (bicyclic) bond motifs is 1. The van der Waals surface area contributed by atoms with Gasteiger partial charge in [0.15, 0.2) is 0 Å². The summed E-state index contributed by atoms with van der Waals surface area (Å²) in [4.78, 5) is 26.1. The van der Waals surface area contributed by atoms with Crippen LogP contribution in [0.1, 0.15) is 40.5 Å². The maximum atomic E-state index is 12.5. The first-order chi connectivity index (χ1) is 11.1. The molecule has 1 aliphatic rings. The van der Waals surface area contributed by atoms with Gasteiger partial charge in [-0.3, -0.25) is 9.59 Å². The van der Waals surface area contributed by atoms with Crippen molar-refractivity contribution in [3.8, 4) is 5.75 Å². The fourth-order valence-corrected chi connectivity index (χ4v) is 2.76. The number of hydrogen-bond acceptors (Lipinski definition) is 3. The van der Waals surface area contributed by atoms with E-state index in [1.165, 1.54) is 0 Å². The third kappa shape index (κ3) is 2.82. The van der Waals surface area contributed by atoms with Crippen LogP contribution >= 0.6 is 11.6 Å². The quantitative estimate of drug-likeness (QED) is 0.606. The third-order valence-electron chi connectivity index (χ3n) is 3.73. The molecule has 2 amide bonds. The maximum Gasteiger partial charge on any atom is 0.267 e. The molecule has 0 fully saturated rings. The summed E-state index contributed by atoms with van der Waals surface area (Å²) in [6.45, 7) is 2.75. The van der Waals surface area contributed by atoms with E-state index in [9.17, 15) is 9.59 Å². The van der Waals surface area contributed by atoms with Crippen LogP contribution in [0, 0.1) is 0 Å². The molecular formula is C18H16ClNO3. The predicted octanol–water partition coefficient (Wildman–Crippen LogP) is 4.32. The average Bonchev–Trinajstić information content (AvgIpc) is 2.81. The van der Waals surface area contributed by atoms with Gasteiger partial charge in [0.05, 0.1) is 28.4 Å². The van der Waals surface area contributed by atoms with E-state index < -0.39 is 5.91 Å². The summed E-state index contributed by atoms with van der Waals surface area (Å²) in [6.07, 6.45) is 2.05. The predicted molar refractivity (Wildman–Crippen MR) is 89.4 cm³/mol. The zero-order valence-corrected chi connectivity index (χ0v) is 13.5. The molecule has 0 N–H and O–H groups in total. The molecule has 118 valence electrons. The van der Waals surface area contributed by atoms with Gasteiger partial charge < -0.3 is 4.74 Å². The summed E-state index contributed by atoms with van der Waals surface area (Å²) in [7, 11) is 0. The molecule has 0 aliphatic carbocycles. The van der Waals surface area contributed by atoms with Gasteiger partial charge in [-0.15, -0.1) is 0 Å². The van der Waals surface area contributed by atoms with E-state index in [1.807, 2.05) is 0 Å².